The van der Waals surface area contributed by atoms with Crippen molar-refractivity contribution >= 4 is 23.0 Å². The molecule has 22 heavy (non-hydrogen) atoms. The number of rotatable bonds is 5. The molecule has 0 fully saturated rings. The molecule has 116 valence electrons. The smallest absolute Gasteiger partial charge is 0.171 e. The molecule has 2 rings (SSSR count). The van der Waals surface area contributed by atoms with E-state index in [1.807, 2.05) is 30.3 Å². The minimum atomic E-state index is 0.176. The van der Waals surface area contributed by atoms with Gasteiger partial charge in [-0.25, -0.2) is 0 Å². The highest BCUT2D eigenvalue weighted by Crippen LogP contribution is 2.21. The van der Waals surface area contributed by atoms with E-state index in [-0.39, 0.29) is 6.04 Å². The van der Waals surface area contributed by atoms with Crippen molar-refractivity contribution in [2.75, 3.05) is 5.32 Å². The molecular weight excluding hydrogens is 288 g/mol. The van der Waals surface area contributed by atoms with Crippen molar-refractivity contribution in [2.24, 2.45) is 0 Å². The van der Waals surface area contributed by atoms with Crippen molar-refractivity contribution in [3.05, 3.63) is 65.7 Å². The molecule has 2 nitrogen and oxygen atoms in total. The number of benzene rings is 2. The van der Waals surface area contributed by atoms with Gasteiger partial charge in [-0.05, 0) is 54.7 Å². The Morgan fingerprint density at radius 1 is 0.955 bits per heavy atom. The van der Waals surface area contributed by atoms with Crippen molar-refractivity contribution < 1.29 is 0 Å². The predicted octanol–water partition coefficient (Wildman–Crippen LogP) is 5.25. The molecular formula is C19H24N2S. The average molecular weight is 312 g/mol. The van der Waals surface area contributed by atoms with Gasteiger partial charge in [-0.2, -0.15) is 0 Å². The lowest BCUT2D eigenvalue weighted by molar-refractivity contribution is 0.713. The Labute approximate surface area is 139 Å². The van der Waals surface area contributed by atoms with E-state index < -0.39 is 0 Å². The molecule has 0 bridgehead atoms. The molecule has 0 saturated carbocycles. The fourth-order valence-electron chi connectivity index (χ4n) is 2.32. The fraction of sp³-hybridized carbons (Fsp3) is 0.316. The molecule has 0 heterocycles. The zero-order valence-corrected chi connectivity index (χ0v) is 14.3. The maximum atomic E-state index is 5.38. The lowest BCUT2D eigenvalue weighted by Crippen LogP contribution is -2.30. The van der Waals surface area contributed by atoms with Crippen LogP contribution in [0.3, 0.4) is 0 Å². The first kappa shape index (κ1) is 16.5. The van der Waals surface area contributed by atoms with E-state index in [1.54, 1.807) is 0 Å². The summed E-state index contributed by atoms with van der Waals surface area (Å²) in [6.45, 7) is 6.60. The maximum absolute atomic E-state index is 5.38. The highest BCUT2D eigenvalue weighted by molar-refractivity contribution is 7.80. The maximum Gasteiger partial charge on any atom is 0.171 e. The Hall–Kier alpha value is -1.87. The molecule has 2 atom stereocenters. The van der Waals surface area contributed by atoms with Crippen LogP contribution < -0.4 is 10.6 Å². The second kappa shape index (κ2) is 7.95. The highest BCUT2D eigenvalue weighted by Gasteiger charge is 2.08. The van der Waals surface area contributed by atoms with Gasteiger partial charge in [0.25, 0.3) is 0 Å². The van der Waals surface area contributed by atoms with E-state index in [4.69, 9.17) is 12.2 Å². The Morgan fingerprint density at radius 2 is 1.55 bits per heavy atom. The van der Waals surface area contributed by atoms with Gasteiger partial charge in [-0.3, -0.25) is 0 Å². The zero-order valence-electron chi connectivity index (χ0n) is 13.5. The number of para-hydroxylation sites is 1. The SMILES string of the molecule is CCC(C)c1ccc(C(C)NC(=S)Nc2ccccc2)cc1. The molecule has 0 aliphatic rings. The summed E-state index contributed by atoms with van der Waals surface area (Å²) in [6, 6.07) is 18.9. The first-order chi connectivity index (χ1) is 10.6. The van der Waals surface area contributed by atoms with Crippen molar-refractivity contribution in [3.63, 3.8) is 0 Å². The number of anilines is 1. The Morgan fingerprint density at radius 3 is 2.14 bits per heavy atom. The van der Waals surface area contributed by atoms with Crippen LogP contribution in [-0.2, 0) is 0 Å². The molecule has 2 aromatic rings. The Kier molecular flexibility index (Phi) is 5.96. The van der Waals surface area contributed by atoms with Gasteiger partial charge in [0.1, 0.15) is 0 Å². The summed E-state index contributed by atoms with van der Waals surface area (Å²) in [5, 5.41) is 7.17. The van der Waals surface area contributed by atoms with Gasteiger partial charge in [0.15, 0.2) is 5.11 Å². The van der Waals surface area contributed by atoms with Crippen molar-refractivity contribution in [2.45, 2.75) is 39.2 Å². The molecule has 0 aliphatic heterocycles. The summed E-state index contributed by atoms with van der Waals surface area (Å²) in [6.07, 6.45) is 1.16. The van der Waals surface area contributed by atoms with Gasteiger partial charge in [0, 0.05) is 5.69 Å². The van der Waals surface area contributed by atoms with E-state index in [0.717, 1.165) is 12.1 Å². The van der Waals surface area contributed by atoms with Crippen LogP contribution in [0.25, 0.3) is 0 Å². The van der Waals surface area contributed by atoms with Crippen LogP contribution in [0.5, 0.6) is 0 Å². The first-order valence-corrected chi connectivity index (χ1v) is 8.23. The summed E-state index contributed by atoms with van der Waals surface area (Å²) >= 11 is 5.38. The molecule has 3 heteroatoms. The van der Waals surface area contributed by atoms with Crippen molar-refractivity contribution in [1.82, 2.24) is 5.32 Å². The van der Waals surface area contributed by atoms with E-state index >= 15 is 0 Å². The van der Waals surface area contributed by atoms with E-state index in [0.29, 0.717) is 11.0 Å². The number of thiocarbonyl (C=S) groups is 1. The van der Waals surface area contributed by atoms with Crippen LogP contribution in [0.1, 0.15) is 50.3 Å². The second-order valence-corrected chi connectivity index (χ2v) is 6.07. The topological polar surface area (TPSA) is 24.1 Å². The summed E-state index contributed by atoms with van der Waals surface area (Å²) < 4.78 is 0. The molecule has 0 amide bonds. The molecule has 0 saturated heterocycles. The normalized spacial score (nSPS) is 13.2. The van der Waals surface area contributed by atoms with Crippen LogP contribution in [0, 0.1) is 0 Å². The monoisotopic (exact) mass is 312 g/mol. The summed E-state index contributed by atoms with van der Waals surface area (Å²) in [7, 11) is 0. The Bertz CT molecular complexity index is 593. The quantitative estimate of drug-likeness (QED) is 0.738. The minimum absolute atomic E-state index is 0.176. The number of nitrogens with one attached hydrogen (secondary N) is 2. The molecule has 0 aliphatic carbocycles. The van der Waals surface area contributed by atoms with E-state index in [9.17, 15) is 0 Å². The fourth-order valence-corrected chi connectivity index (χ4v) is 2.61. The predicted molar refractivity (Wildman–Crippen MR) is 99.4 cm³/mol. The summed E-state index contributed by atoms with van der Waals surface area (Å²) in [4.78, 5) is 0. The largest absolute Gasteiger partial charge is 0.356 e. The highest BCUT2D eigenvalue weighted by atomic mass is 32.1. The van der Waals surface area contributed by atoms with Crippen LogP contribution in [0.2, 0.25) is 0 Å². The third-order valence-electron chi connectivity index (χ3n) is 4.00. The van der Waals surface area contributed by atoms with Crippen molar-refractivity contribution in [1.29, 1.82) is 0 Å². The van der Waals surface area contributed by atoms with Gasteiger partial charge in [0.05, 0.1) is 6.04 Å². The third-order valence-corrected chi connectivity index (χ3v) is 4.22. The lowest BCUT2D eigenvalue weighted by Gasteiger charge is -2.18. The van der Waals surface area contributed by atoms with E-state index in [2.05, 4.69) is 55.7 Å². The van der Waals surface area contributed by atoms with Crippen LogP contribution >= 0.6 is 12.2 Å². The van der Waals surface area contributed by atoms with Gasteiger partial charge in [-0.15, -0.1) is 0 Å². The molecule has 2 N–H and O–H groups in total. The van der Waals surface area contributed by atoms with Gasteiger partial charge in [-0.1, -0.05) is 56.3 Å². The van der Waals surface area contributed by atoms with Gasteiger partial charge >= 0.3 is 0 Å². The lowest BCUT2D eigenvalue weighted by atomic mass is 9.96. The third kappa shape index (κ3) is 4.57. The van der Waals surface area contributed by atoms with E-state index in [1.165, 1.54) is 11.1 Å². The number of hydrogen-bond donors (Lipinski definition) is 2. The molecule has 0 radical (unpaired) electrons. The Balaban J connectivity index is 1.94. The first-order valence-electron chi connectivity index (χ1n) is 7.82. The number of hydrogen-bond acceptors (Lipinski definition) is 1. The van der Waals surface area contributed by atoms with Gasteiger partial charge in [0.2, 0.25) is 0 Å². The van der Waals surface area contributed by atoms with Crippen LogP contribution in [0.15, 0.2) is 54.6 Å². The molecule has 2 unspecified atom stereocenters. The summed E-state index contributed by atoms with van der Waals surface area (Å²) in [5.74, 6) is 0.609. The summed E-state index contributed by atoms with van der Waals surface area (Å²) in [5.41, 5.74) is 3.63. The van der Waals surface area contributed by atoms with Crippen LogP contribution in [0.4, 0.5) is 5.69 Å². The van der Waals surface area contributed by atoms with Crippen LogP contribution in [-0.4, -0.2) is 5.11 Å². The standard InChI is InChI=1S/C19H24N2S/c1-4-14(2)16-10-12-17(13-11-16)15(3)20-19(22)21-18-8-6-5-7-9-18/h5-15H,4H2,1-3H3,(H2,20,21,22). The molecule has 0 aromatic heterocycles. The molecule has 2 aromatic carbocycles. The van der Waals surface area contributed by atoms with Crippen molar-refractivity contribution in [3.8, 4) is 0 Å². The zero-order chi connectivity index (χ0) is 15.9. The molecule has 0 spiro atoms. The average Bonchev–Trinajstić information content (AvgIpc) is 2.55. The minimum Gasteiger partial charge on any atom is -0.356 e. The van der Waals surface area contributed by atoms with Gasteiger partial charge < -0.3 is 10.6 Å². The second-order valence-electron chi connectivity index (χ2n) is 5.66.